The van der Waals surface area contributed by atoms with Gasteiger partial charge in [0.05, 0.1) is 10.9 Å². The summed E-state index contributed by atoms with van der Waals surface area (Å²) in [6.45, 7) is 2.04. The van der Waals surface area contributed by atoms with Crippen molar-refractivity contribution in [1.29, 1.82) is 0 Å². The first-order chi connectivity index (χ1) is 7.70. The van der Waals surface area contributed by atoms with Crippen LogP contribution in [0.4, 0.5) is 0 Å². The minimum Gasteiger partial charge on any atom is -0.307 e. The van der Waals surface area contributed by atoms with Gasteiger partial charge in [0.25, 0.3) is 5.56 Å². The van der Waals surface area contributed by atoms with Gasteiger partial charge >= 0.3 is 5.69 Å². The molecular weight excluding hydrogens is 204 g/mol. The van der Waals surface area contributed by atoms with Gasteiger partial charge in [-0.25, -0.2) is 4.79 Å². The zero-order valence-corrected chi connectivity index (χ0v) is 8.91. The van der Waals surface area contributed by atoms with Gasteiger partial charge in [0.2, 0.25) is 0 Å². The molecule has 0 atom stereocenters. The molecule has 0 radical (unpaired) electrons. The van der Waals surface area contributed by atoms with Gasteiger partial charge in [0.15, 0.2) is 0 Å². The van der Waals surface area contributed by atoms with E-state index in [1.807, 2.05) is 25.1 Å². The predicted molar refractivity (Wildman–Crippen MR) is 64.5 cm³/mol. The number of fused-ring (bicyclic) bond motifs is 1. The molecule has 2 aromatic rings. The first-order valence-corrected chi connectivity index (χ1v) is 5.13. The van der Waals surface area contributed by atoms with Crippen LogP contribution >= 0.6 is 0 Å². The summed E-state index contributed by atoms with van der Waals surface area (Å²) >= 11 is 0. The van der Waals surface area contributed by atoms with E-state index in [0.29, 0.717) is 10.9 Å². The van der Waals surface area contributed by atoms with Crippen LogP contribution in [0.1, 0.15) is 18.9 Å². The van der Waals surface area contributed by atoms with Crippen molar-refractivity contribution in [2.45, 2.75) is 13.3 Å². The van der Waals surface area contributed by atoms with E-state index in [1.54, 1.807) is 12.1 Å². The Morgan fingerprint density at radius 1 is 1.25 bits per heavy atom. The van der Waals surface area contributed by atoms with Gasteiger partial charge in [0, 0.05) is 0 Å². The van der Waals surface area contributed by atoms with Gasteiger partial charge in [-0.15, -0.1) is 0 Å². The Balaban J connectivity index is 2.67. The Kier molecular flexibility index (Phi) is 2.72. The van der Waals surface area contributed by atoms with Crippen molar-refractivity contribution in [3.63, 3.8) is 0 Å². The summed E-state index contributed by atoms with van der Waals surface area (Å²) in [5.74, 6) is 0. The highest BCUT2D eigenvalue weighted by atomic mass is 16.2. The molecule has 0 saturated carbocycles. The second-order valence-electron chi connectivity index (χ2n) is 3.52. The van der Waals surface area contributed by atoms with Gasteiger partial charge in [-0.2, -0.15) is 0 Å². The maximum absolute atomic E-state index is 11.5. The predicted octanol–water partition coefficient (Wildman–Crippen LogP) is 1.64. The molecule has 4 heteroatoms. The monoisotopic (exact) mass is 216 g/mol. The van der Waals surface area contributed by atoms with Crippen molar-refractivity contribution in [3.05, 3.63) is 50.7 Å². The van der Waals surface area contributed by atoms with Crippen LogP contribution in [0.2, 0.25) is 0 Å². The molecule has 0 aliphatic heterocycles. The number of aromatic nitrogens is 2. The lowest BCUT2D eigenvalue weighted by atomic mass is 10.1. The number of H-pyrrole nitrogens is 2. The second kappa shape index (κ2) is 4.18. The SMILES string of the molecule is CC/C=C/c1ccc2[nH]c(=O)[nH]c(=O)c2c1. The van der Waals surface area contributed by atoms with Crippen LogP contribution in [-0.2, 0) is 0 Å². The maximum atomic E-state index is 11.5. The maximum Gasteiger partial charge on any atom is 0.326 e. The van der Waals surface area contributed by atoms with E-state index in [1.165, 1.54) is 0 Å². The van der Waals surface area contributed by atoms with E-state index in [9.17, 15) is 9.59 Å². The van der Waals surface area contributed by atoms with Crippen LogP contribution in [0.5, 0.6) is 0 Å². The summed E-state index contributed by atoms with van der Waals surface area (Å²) in [7, 11) is 0. The van der Waals surface area contributed by atoms with Crippen LogP contribution in [0.3, 0.4) is 0 Å². The van der Waals surface area contributed by atoms with Crippen LogP contribution in [0.15, 0.2) is 33.9 Å². The van der Waals surface area contributed by atoms with Crippen molar-refractivity contribution in [1.82, 2.24) is 9.97 Å². The molecule has 1 aromatic carbocycles. The third-order valence-electron chi connectivity index (χ3n) is 2.31. The third-order valence-corrected chi connectivity index (χ3v) is 2.31. The van der Waals surface area contributed by atoms with Crippen molar-refractivity contribution in [3.8, 4) is 0 Å². The quantitative estimate of drug-likeness (QED) is 0.801. The minimum absolute atomic E-state index is 0.356. The lowest BCUT2D eigenvalue weighted by Gasteiger charge is -1.98. The average Bonchev–Trinajstić information content (AvgIpc) is 2.26. The molecule has 4 nitrogen and oxygen atoms in total. The fraction of sp³-hybridized carbons (Fsp3) is 0.167. The van der Waals surface area contributed by atoms with Crippen LogP contribution < -0.4 is 11.2 Å². The Bertz CT molecular complexity index is 650. The zero-order valence-electron chi connectivity index (χ0n) is 8.91. The lowest BCUT2D eigenvalue weighted by molar-refractivity contribution is 1.08. The molecular formula is C12H12N2O2. The summed E-state index contributed by atoms with van der Waals surface area (Å²) < 4.78 is 0. The largest absolute Gasteiger partial charge is 0.326 e. The van der Waals surface area contributed by atoms with E-state index in [0.717, 1.165) is 12.0 Å². The lowest BCUT2D eigenvalue weighted by Crippen LogP contribution is -2.21. The van der Waals surface area contributed by atoms with E-state index < -0.39 is 5.69 Å². The number of hydrogen-bond acceptors (Lipinski definition) is 2. The average molecular weight is 216 g/mol. The fourth-order valence-electron chi connectivity index (χ4n) is 1.54. The Labute approximate surface area is 91.6 Å². The summed E-state index contributed by atoms with van der Waals surface area (Å²) in [6, 6.07) is 5.36. The van der Waals surface area contributed by atoms with Crippen LogP contribution in [0, 0.1) is 0 Å². The molecule has 0 bridgehead atoms. The standard InChI is InChI=1S/C12H12N2O2/c1-2-3-4-8-5-6-10-9(7-8)11(15)14-12(16)13-10/h3-7H,2H2,1H3,(H2,13,14,15,16)/b4-3+. The van der Waals surface area contributed by atoms with Crippen LogP contribution in [-0.4, -0.2) is 9.97 Å². The molecule has 2 N–H and O–H groups in total. The van der Waals surface area contributed by atoms with Gasteiger partial charge in [-0.3, -0.25) is 9.78 Å². The highest BCUT2D eigenvalue weighted by Crippen LogP contribution is 2.10. The topological polar surface area (TPSA) is 65.7 Å². The molecule has 1 aromatic heterocycles. The number of aromatic amines is 2. The summed E-state index contributed by atoms with van der Waals surface area (Å²) in [5.41, 5.74) is 0.675. The molecule has 0 saturated heterocycles. The smallest absolute Gasteiger partial charge is 0.307 e. The zero-order chi connectivity index (χ0) is 11.5. The Morgan fingerprint density at radius 2 is 2.06 bits per heavy atom. The fourth-order valence-corrected chi connectivity index (χ4v) is 1.54. The molecule has 0 aliphatic carbocycles. The normalized spacial score (nSPS) is 11.3. The summed E-state index contributed by atoms with van der Waals surface area (Å²) in [4.78, 5) is 27.3. The molecule has 0 spiro atoms. The van der Waals surface area contributed by atoms with Gasteiger partial charge < -0.3 is 4.98 Å². The minimum atomic E-state index is -0.477. The number of hydrogen-bond donors (Lipinski definition) is 2. The summed E-state index contributed by atoms with van der Waals surface area (Å²) in [6.07, 6.45) is 4.91. The van der Waals surface area contributed by atoms with Crippen molar-refractivity contribution in [2.24, 2.45) is 0 Å². The first-order valence-electron chi connectivity index (χ1n) is 5.13. The van der Waals surface area contributed by atoms with E-state index in [-0.39, 0.29) is 5.56 Å². The Morgan fingerprint density at radius 3 is 2.81 bits per heavy atom. The van der Waals surface area contributed by atoms with E-state index in [4.69, 9.17) is 0 Å². The molecule has 1 heterocycles. The summed E-state index contributed by atoms with van der Waals surface area (Å²) in [5, 5.41) is 0.498. The molecule has 0 unspecified atom stereocenters. The molecule has 0 amide bonds. The molecule has 0 aliphatic rings. The molecule has 2 rings (SSSR count). The Hall–Kier alpha value is -2.10. The number of nitrogens with one attached hydrogen (secondary N) is 2. The van der Waals surface area contributed by atoms with Crippen molar-refractivity contribution < 1.29 is 0 Å². The van der Waals surface area contributed by atoms with E-state index >= 15 is 0 Å². The highest BCUT2D eigenvalue weighted by Gasteiger charge is 2.00. The van der Waals surface area contributed by atoms with Gasteiger partial charge in [-0.05, 0) is 24.1 Å². The van der Waals surface area contributed by atoms with Crippen molar-refractivity contribution >= 4 is 17.0 Å². The third kappa shape index (κ3) is 1.95. The van der Waals surface area contributed by atoms with Gasteiger partial charge in [-0.1, -0.05) is 25.1 Å². The van der Waals surface area contributed by atoms with Crippen LogP contribution in [0.25, 0.3) is 17.0 Å². The first kappa shape index (κ1) is 10.4. The molecule has 0 fully saturated rings. The highest BCUT2D eigenvalue weighted by molar-refractivity contribution is 5.80. The van der Waals surface area contributed by atoms with Crippen molar-refractivity contribution in [2.75, 3.05) is 0 Å². The molecule has 82 valence electrons. The number of allylic oxidation sites excluding steroid dienone is 1. The number of benzene rings is 1. The molecule has 16 heavy (non-hydrogen) atoms. The second-order valence-corrected chi connectivity index (χ2v) is 3.52. The number of rotatable bonds is 2. The van der Waals surface area contributed by atoms with E-state index in [2.05, 4.69) is 9.97 Å². The van der Waals surface area contributed by atoms with Gasteiger partial charge in [0.1, 0.15) is 0 Å².